The topological polar surface area (TPSA) is 74.7 Å². The van der Waals surface area contributed by atoms with Gasteiger partial charge in [0.2, 0.25) is 5.91 Å². The van der Waals surface area contributed by atoms with Gasteiger partial charge in [0.15, 0.2) is 5.17 Å². The molecular formula is C24H29ClN4O4S. The summed E-state index contributed by atoms with van der Waals surface area (Å²) >= 11 is 7.59. The molecule has 1 fully saturated rings. The van der Waals surface area contributed by atoms with E-state index in [0.717, 1.165) is 36.1 Å². The molecule has 182 valence electrons. The lowest BCUT2D eigenvalue weighted by atomic mass is 9.94. The van der Waals surface area contributed by atoms with Crippen LogP contribution in [0.3, 0.4) is 0 Å². The van der Waals surface area contributed by atoms with Gasteiger partial charge in [-0.3, -0.25) is 9.69 Å². The van der Waals surface area contributed by atoms with Crippen LogP contribution in [-0.4, -0.2) is 85.3 Å². The molecular weight excluding hydrogens is 476 g/mol. The highest BCUT2D eigenvalue weighted by Gasteiger charge is 2.41. The molecule has 1 aromatic rings. The Labute approximate surface area is 209 Å². The summed E-state index contributed by atoms with van der Waals surface area (Å²) < 4.78 is 10.3. The molecule has 3 aliphatic heterocycles. The monoisotopic (exact) mass is 504 g/mol. The third-order valence-corrected chi connectivity index (χ3v) is 7.40. The molecule has 0 spiro atoms. The Hall–Kier alpha value is -2.33. The van der Waals surface area contributed by atoms with Crippen LogP contribution < -0.4 is 0 Å². The van der Waals surface area contributed by atoms with Crippen molar-refractivity contribution in [1.82, 2.24) is 14.7 Å². The van der Waals surface area contributed by atoms with Crippen molar-refractivity contribution in [2.45, 2.75) is 19.4 Å². The van der Waals surface area contributed by atoms with Gasteiger partial charge in [0.1, 0.15) is 0 Å². The summed E-state index contributed by atoms with van der Waals surface area (Å²) in [6, 6.07) is 6.94. The molecule has 1 amide bonds. The first-order valence-corrected chi connectivity index (χ1v) is 12.5. The van der Waals surface area contributed by atoms with E-state index in [9.17, 15) is 9.59 Å². The van der Waals surface area contributed by atoms with E-state index in [2.05, 4.69) is 9.89 Å². The lowest BCUT2D eigenvalue weighted by Gasteiger charge is -2.37. The first kappa shape index (κ1) is 24.8. The van der Waals surface area contributed by atoms with Gasteiger partial charge in [-0.2, -0.15) is 0 Å². The van der Waals surface area contributed by atoms with E-state index in [1.165, 1.54) is 18.9 Å². The molecule has 0 aromatic heterocycles. The van der Waals surface area contributed by atoms with Crippen LogP contribution in [0.15, 0.2) is 51.6 Å². The first-order chi connectivity index (χ1) is 16.4. The quantitative estimate of drug-likeness (QED) is 0.527. The maximum Gasteiger partial charge on any atom is 0.338 e. The Balaban J connectivity index is 1.54. The fourth-order valence-electron chi connectivity index (χ4n) is 4.41. The molecule has 0 saturated carbocycles. The van der Waals surface area contributed by atoms with Gasteiger partial charge >= 0.3 is 5.97 Å². The van der Waals surface area contributed by atoms with E-state index in [0.29, 0.717) is 36.0 Å². The van der Waals surface area contributed by atoms with Crippen molar-refractivity contribution in [3.8, 4) is 0 Å². The molecule has 10 heteroatoms. The Bertz CT molecular complexity index is 1030. The number of amidine groups is 1. The molecule has 0 bridgehead atoms. The molecule has 1 unspecified atom stereocenters. The largest absolute Gasteiger partial charge is 0.466 e. The van der Waals surface area contributed by atoms with Crippen LogP contribution in [0.5, 0.6) is 0 Å². The molecule has 4 rings (SSSR count). The van der Waals surface area contributed by atoms with Crippen molar-refractivity contribution >= 4 is 40.4 Å². The Morgan fingerprint density at radius 3 is 2.50 bits per heavy atom. The van der Waals surface area contributed by atoms with Crippen molar-refractivity contribution in [2.24, 2.45) is 4.99 Å². The van der Waals surface area contributed by atoms with Gasteiger partial charge in [-0.1, -0.05) is 35.5 Å². The normalized spacial score (nSPS) is 20.8. The lowest BCUT2D eigenvalue weighted by molar-refractivity contribution is -0.136. The van der Waals surface area contributed by atoms with Gasteiger partial charge in [0.05, 0.1) is 37.4 Å². The van der Waals surface area contributed by atoms with Crippen LogP contribution in [0.2, 0.25) is 5.02 Å². The average Bonchev–Trinajstić information content (AvgIpc) is 3.24. The minimum atomic E-state index is -0.447. The van der Waals surface area contributed by atoms with Crippen molar-refractivity contribution in [3.05, 3.63) is 57.2 Å². The number of thioether (sulfide) groups is 1. The molecule has 1 aromatic carbocycles. The fraction of sp³-hybridized carbons (Fsp3) is 0.458. The maximum absolute atomic E-state index is 13.2. The van der Waals surface area contributed by atoms with Crippen molar-refractivity contribution in [1.29, 1.82) is 0 Å². The van der Waals surface area contributed by atoms with Crippen LogP contribution >= 0.6 is 23.4 Å². The number of rotatable bonds is 7. The molecule has 34 heavy (non-hydrogen) atoms. The number of amides is 1. The number of piperazine rings is 1. The second-order valence-corrected chi connectivity index (χ2v) is 9.60. The summed E-state index contributed by atoms with van der Waals surface area (Å²) in [6.07, 6.45) is 0.238. The predicted molar refractivity (Wildman–Crippen MR) is 133 cm³/mol. The van der Waals surface area contributed by atoms with E-state index in [1.54, 1.807) is 19.2 Å². The number of hydrogen-bond acceptors (Lipinski definition) is 8. The SMILES string of the molecule is COCCN1CCN(C(=O)CC2=CSC3=NC(C)=C(C(=O)OC)C(c4ccc(Cl)cc4)N23)CC1. The second-order valence-electron chi connectivity index (χ2n) is 8.33. The van der Waals surface area contributed by atoms with Crippen LogP contribution in [-0.2, 0) is 19.1 Å². The smallest absolute Gasteiger partial charge is 0.338 e. The second kappa shape index (κ2) is 10.9. The number of benzene rings is 1. The van der Waals surface area contributed by atoms with Gasteiger partial charge in [0, 0.05) is 50.6 Å². The van der Waals surface area contributed by atoms with Gasteiger partial charge in [0.25, 0.3) is 0 Å². The Morgan fingerprint density at radius 2 is 1.85 bits per heavy atom. The maximum atomic E-state index is 13.2. The number of carbonyl (C=O) groups is 2. The van der Waals surface area contributed by atoms with Crippen LogP contribution in [0.4, 0.5) is 0 Å². The van der Waals surface area contributed by atoms with Gasteiger partial charge in [-0.25, -0.2) is 9.79 Å². The van der Waals surface area contributed by atoms with E-state index in [1.807, 2.05) is 34.3 Å². The fourth-order valence-corrected chi connectivity index (χ4v) is 5.50. The van der Waals surface area contributed by atoms with Crippen LogP contribution in [0.25, 0.3) is 0 Å². The van der Waals surface area contributed by atoms with E-state index in [4.69, 9.17) is 21.1 Å². The highest BCUT2D eigenvalue weighted by Crippen LogP contribution is 2.45. The summed E-state index contributed by atoms with van der Waals surface area (Å²) in [5, 5.41) is 3.32. The first-order valence-electron chi connectivity index (χ1n) is 11.2. The molecule has 3 heterocycles. The number of allylic oxidation sites excluding steroid dienone is 1. The zero-order valence-corrected chi connectivity index (χ0v) is 21.2. The number of methoxy groups -OCH3 is 2. The third kappa shape index (κ3) is 5.17. The molecule has 8 nitrogen and oxygen atoms in total. The number of fused-ring (bicyclic) bond motifs is 1. The minimum Gasteiger partial charge on any atom is -0.466 e. The van der Waals surface area contributed by atoms with Crippen molar-refractivity contribution < 1.29 is 19.1 Å². The highest BCUT2D eigenvalue weighted by molar-refractivity contribution is 8.16. The zero-order chi connectivity index (χ0) is 24.2. The number of ether oxygens (including phenoxy) is 2. The summed E-state index contributed by atoms with van der Waals surface area (Å²) in [6.45, 7) is 6.43. The van der Waals surface area contributed by atoms with E-state index in [-0.39, 0.29) is 12.3 Å². The van der Waals surface area contributed by atoms with Gasteiger partial charge < -0.3 is 19.3 Å². The number of hydrogen-bond donors (Lipinski definition) is 0. The van der Waals surface area contributed by atoms with Crippen LogP contribution in [0, 0.1) is 0 Å². The molecule has 1 saturated heterocycles. The third-order valence-electron chi connectivity index (χ3n) is 6.26. The molecule has 0 aliphatic carbocycles. The summed E-state index contributed by atoms with van der Waals surface area (Å²) in [4.78, 5) is 36.9. The van der Waals surface area contributed by atoms with Crippen LogP contribution in [0.1, 0.15) is 24.9 Å². The number of aliphatic imine (C=N–C) groups is 1. The minimum absolute atomic E-state index is 0.0697. The zero-order valence-electron chi connectivity index (χ0n) is 19.6. The number of esters is 1. The van der Waals surface area contributed by atoms with Crippen molar-refractivity contribution in [2.75, 3.05) is 53.6 Å². The molecule has 1 atom stereocenters. The van der Waals surface area contributed by atoms with Crippen molar-refractivity contribution in [3.63, 3.8) is 0 Å². The van der Waals surface area contributed by atoms with E-state index < -0.39 is 12.0 Å². The number of carbonyl (C=O) groups excluding carboxylic acids is 2. The molecule has 3 aliphatic rings. The summed E-state index contributed by atoms with van der Waals surface area (Å²) in [5.74, 6) is -0.366. The predicted octanol–water partition coefficient (Wildman–Crippen LogP) is 3.27. The molecule has 0 radical (unpaired) electrons. The van der Waals surface area contributed by atoms with Gasteiger partial charge in [-0.05, 0) is 30.0 Å². The highest BCUT2D eigenvalue weighted by atomic mass is 35.5. The lowest BCUT2D eigenvalue weighted by Crippen LogP contribution is -2.49. The Kier molecular flexibility index (Phi) is 7.98. The van der Waals surface area contributed by atoms with E-state index >= 15 is 0 Å². The Morgan fingerprint density at radius 1 is 1.15 bits per heavy atom. The molecule has 0 N–H and O–H groups in total. The van der Waals surface area contributed by atoms with Gasteiger partial charge in [-0.15, -0.1) is 0 Å². The number of nitrogens with zero attached hydrogens (tertiary/aromatic N) is 4. The standard InChI is InChI=1S/C24H29ClN4O4S/c1-16-21(23(31)33-3)22(17-4-6-18(25)7-5-17)29-19(15-34-24(29)26-16)14-20(30)28-10-8-27(9-11-28)12-13-32-2/h4-7,15,22H,8-14H2,1-3H3. The summed E-state index contributed by atoms with van der Waals surface area (Å²) in [7, 11) is 3.07. The summed E-state index contributed by atoms with van der Waals surface area (Å²) in [5.41, 5.74) is 2.77. The number of halogens is 1. The average molecular weight is 505 g/mol.